The maximum atomic E-state index is 11.8. The van der Waals surface area contributed by atoms with Gasteiger partial charge in [-0.15, -0.1) is 10.2 Å². The van der Waals surface area contributed by atoms with Crippen LogP contribution in [0.2, 0.25) is 0 Å². The van der Waals surface area contributed by atoms with E-state index in [9.17, 15) is 9.59 Å². The van der Waals surface area contributed by atoms with E-state index in [1.54, 1.807) is 4.90 Å². The van der Waals surface area contributed by atoms with E-state index in [0.717, 1.165) is 29.5 Å². The molecule has 1 aliphatic heterocycles. The average Bonchev–Trinajstić information content (AvgIpc) is 3.22. The highest BCUT2D eigenvalue weighted by Gasteiger charge is 2.22. The van der Waals surface area contributed by atoms with Crippen molar-refractivity contribution in [2.45, 2.75) is 37.3 Å². The summed E-state index contributed by atoms with van der Waals surface area (Å²) in [5.74, 6) is 1.06. The van der Waals surface area contributed by atoms with Crippen LogP contribution < -0.4 is 5.63 Å². The number of amides is 1. The van der Waals surface area contributed by atoms with Crippen molar-refractivity contribution in [3.8, 4) is 0 Å². The summed E-state index contributed by atoms with van der Waals surface area (Å²) in [6.45, 7) is 3.03. The fourth-order valence-corrected chi connectivity index (χ4v) is 3.76. The van der Waals surface area contributed by atoms with Crippen molar-refractivity contribution in [3.63, 3.8) is 0 Å². The molecule has 0 saturated carbocycles. The van der Waals surface area contributed by atoms with Crippen LogP contribution in [0.3, 0.4) is 0 Å². The Balaban J connectivity index is 1.48. The Bertz CT molecular complexity index is 1030. The summed E-state index contributed by atoms with van der Waals surface area (Å²) in [6, 6.07) is 7.27. The van der Waals surface area contributed by atoms with Crippen molar-refractivity contribution in [1.29, 1.82) is 0 Å². The van der Waals surface area contributed by atoms with Gasteiger partial charge in [0.05, 0.1) is 6.54 Å². The summed E-state index contributed by atoms with van der Waals surface area (Å²) in [5.41, 5.74) is 2.09. The van der Waals surface area contributed by atoms with Gasteiger partial charge in [0.1, 0.15) is 5.58 Å². The number of nitrogens with zero attached hydrogens (tertiary/aromatic N) is 3. The Morgan fingerprint density at radius 1 is 1.19 bits per heavy atom. The highest BCUT2D eigenvalue weighted by molar-refractivity contribution is 7.98. The molecular formula is C18H17N3O4S. The number of carbonyl (C=O) groups is 1. The lowest BCUT2D eigenvalue weighted by Gasteiger charge is -2.11. The van der Waals surface area contributed by atoms with E-state index >= 15 is 0 Å². The van der Waals surface area contributed by atoms with Crippen LogP contribution in [0.1, 0.15) is 29.9 Å². The lowest BCUT2D eigenvalue weighted by atomic mass is 10.1. The molecule has 0 radical (unpaired) electrons. The van der Waals surface area contributed by atoms with Crippen LogP contribution in [0, 0.1) is 6.92 Å². The smallest absolute Gasteiger partial charge is 0.336 e. The number of aromatic nitrogens is 2. The molecule has 0 bridgehead atoms. The third-order valence-corrected chi connectivity index (χ3v) is 5.15. The minimum absolute atomic E-state index is 0.121. The van der Waals surface area contributed by atoms with Crippen molar-refractivity contribution in [1.82, 2.24) is 15.1 Å². The highest BCUT2D eigenvalue weighted by Crippen LogP contribution is 2.26. The molecule has 1 saturated heterocycles. The van der Waals surface area contributed by atoms with E-state index < -0.39 is 0 Å². The monoisotopic (exact) mass is 371 g/mol. The maximum Gasteiger partial charge on any atom is 0.336 e. The van der Waals surface area contributed by atoms with Crippen molar-refractivity contribution in [2.75, 3.05) is 6.54 Å². The SMILES string of the molecule is Cc1ccc2c(CSc3nnc(CN4CCCC4=O)o3)cc(=O)oc2c1. The molecule has 7 nitrogen and oxygen atoms in total. The summed E-state index contributed by atoms with van der Waals surface area (Å²) in [5, 5.41) is 9.34. The van der Waals surface area contributed by atoms with E-state index in [0.29, 0.717) is 35.4 Å². The quantitative estimate of drug-likeness (QED) is 0.503. The number of carbonyl (C=O) groups excluding carboxylic acids is 1. The summed E-state index contributed by atoms with van der Waals surface area (Å²) < 4.78 is 10.9. The second-order valence-corrected chi connectivity index (χ2v) is 7.19. The molecule has 0 atom stereocenters. The first-order chi connectivity index (χ1) is 12.6. The van der Waals surface area contributed by atoms with Gasteiger partial charge in [-0.1, -0.05) is 23.9 Å². The molecule has 0 unspecified atom stereocenters. The molecule has 0 N–H and O–H groups in total. The van der Waals surface area contributed by atoms with Gasteiger partial charge in [-0.2, -0.15) is 0 Å². The zero-order chi connectivity index (χ0) is 18.1. The van der Waals surface area contributed by atoms with Crippen molar-refractivity contribution >= 4 is 28.6 Å². The minimum atomic E-state index is -0.377. The topological polar surface area (TPSA) is 89.4 Å². The first-order valence-electron chi connectivity index (χ1n) is 8.35. The average molecular weight is 371 g/mol. The standard InChI is InChI=1S/C18H17N3O4S/c1-11-4-5-13-12(8-17(23)24-14(13)7-11)10-26-18-20-19-15(25-18)9-21-6-2-3-16(21)22/h4-5,7-8H,2-3,6,9-10H2,1H3. The molecule has 1 aliphatic rings. The van der Waals surface area contributed by atoms with Gasteiger partial charge in [0.15, 0.2) is 0 Å². The van der Waals surface area contributed by atoms with Crippen LogP contribution in [0.25, 0.3) is 11.0 Å². The number of fused-ring (bicyclic) bond motifs is 1. The van der Waals surface area contributed by atoms with Gasteiger partial charge < -0.3 is 13.7 Å². The van der Waals surface area contributed by atoms with Gasteiger partial charge in [0, 0.05) is 30.2 Å². The Hall–Kier alpha value is -2.61. The molecule has 1 aromatic carbocycles. The molecular weight excluding hydrogens is 354 g/mol. The van der Waals surface area contributed by atoms with Crippen LogP contribution in [0.15, 0.2) is 43.1 Å². The Labute approximate surface area is 153 Å². The zero-order valence-corrected chi connectivity index (χ0v) is 15.0. The molecule has 26 heavy (non-hydrogen) atoms. The predicted octanol–water partition coefficient (Wildman–Crippen LogP) is 2.90. The van der Waals surface area contributed by atoms with Crippen molar-refractivity contribution in [3.05, 3.63) is 51.7 Å². The number of thioether (sulfide) groups is 1. The summed E-state index contributed by atoms with van der Waals surface area (Å²) in [6.07, 6.45) is 1.45. The largest absolute Gasteiger partial charge is 0.423 e. The Morgan fingerprint density at radius 2 is 2.08 bits per heavy atom. The molecule has 3 aromatic rings. The van der Waals surface area contributed by atoms with E-state index in [-0.39, 0.29) is 11.5 Å². The molecule has 2 aromatic heterocycles. The maximum absolute atomic E-state index is 11.8. The summed E-state index contributed by atoms with van der Waals surface area (Å²) in [7, 11) is 0. The van der Waals surface area contributed by atoms with Crippen LogP contribution >= 0.6 is 11.8 Å². The van der Waals surface area contributed by atoms with Gasteiger partial charge in [0.25, 0.3) is 5.22 Å². The summed E-state index contributed by atoms with van der Waals surface area (Å²) >= 11 is 1.36. The lowest BCUT2D eigenvalue weighted by molar-refractivity contribution is -0.128. The second-order valence-electron chi connectivity index (χ2n) is 6.26. The molecule has 134 valence electrons. The normalized spacial score (nSPS) is 14.5. The van der Waals surface area contributed by atoms with Crippen molar-refractivity contribution in [2.24, 2.45) is 0 Å². The molecule has 1 fully saturated rings. The highest BCUT2D eigenvalue weighted by atomic mass is 32.2. The number of hydrogen-bond acceptors (Lipinski definition) is 7. The molecule has 3 heterocycles. The fourth-order valence-electron chi connectivity index (χ4n) is 2.99. The third-order valence-electron chi connectivity index (χ3n) is 4.28. The van der Waals surface area contributed by atoms with Crippen LogP contribution in [0.5, 0.6) is 0 Å². The van der Waals surface area contributed by atoms with E-state index in [4.69, 9.17) is 8.83 Å². The van der Waals surface area contributed by atoms with Gasteiger partial charge in [-0.25, -0.2) is 4.79 Å². The predicted molar refractivity (Wildman–Crippen MR) is 95.7 cm³/mol. The van der Waals surface area contributed by atoms with E-state index in [2.05, 4.69) is 10.2 Å². The van der Waals surface area contributed by atoms with E-state index in [1.165, 1.54) is 17.8 Å². The number of likely N-dealkylation sites (tertiary alicyclic amines) is 1. The molecule has 8 heteroatoms. The third kappa shape index (κ3) is 3.50. The van der Waals surface area contributed by atoms with Gasteiger partial charge in [-0.05, 0) is 30.5 Å². The minimum Gasteiger partial charge on any atom is -0.423 e. The lowest BCUT2D eigenvalue weighted by Crippen LogP contribution is -2.23. The first-order valence-corrected chi connectivity index (χ1v) is 9.33. The van der Waals surface area contributed by atoms with Gasteiger partial charge >= 0.3 is 5.63 Å². The van der Waals surface area contributed by atoms with Crippen LogP contribution in [0.4, 0.5) is 0 Å². The molecule has 4 rings (SSSR count). The molecule has 0 aliphatic carbocycles. The number of benzene rings is 1. The number of hydrogen-bond donors (Lipinski definition) is 0. The Kier molecular flexibility index (Phi) is 4.50. The second kappa shape index (κ2) is 6.95. The van der Waals surface area contributed by atoms with Gasteiger partial charge in [-0.3, -0.25) is 4.79 Å². The van der Waals surface area contributed by atoms with Gasteiger partial charge in [0.2, 0.25) is 11.8 Å². The van der Waals surface area contributed by atoms with Crippen LogP contribution in [-0.2, 0) is 17.1 Å². The Morgan fingerprint density at radius 3 is 2.88 bits per heavy atom. The number of rotatable bonds is 5. The molecule has 1 amide bonds. The fraction of sp³-hybridized carbons (Fsp3) is 0.333. The number of aryl methyl sites for hydroxylation is 1. The first kappa shape index (κ1) is 16.8. The summed E-state index contributed by atoms with van der Waals surface area (Å²) in [4.78, 5) is 25.2. The van der Waals surface area contributed by atoms with Crippen molar-refractivity contribution < 1.29 is 13.6 Å². The van der Waals surface area contributed by atoms with E-state index in [1.807, 2.05) is 25.1 Å². The van der Waals surface area contributed by atoms with Crippen LogP contribution in [-0.4, -0.2) is 27.5 Å². The zero-order valence-electron chi connectivity index (χ0n) is 14.2. The molecule has 0 spiro atoms.